The van der Waals surface area contributed by atoms with E-state index in [0.717, 1.165) is 18.2 Å². The summed E-state index contributed by atoms with van der Waals surface area (Å²) in [5.41, 5.74) is 3.03. The first-order valence-corrected chi connectivity index (χ1v) is 7.37. The van der Waals surface area contributed by atoms with Gasteiger partial charge in [-0.2, -0.15) is 0 Å². The fourth-order valence-electron chi connectivity index (χ4n) is 3.67. The van der Waals surface area contributed by atoms with E-state index in [1.165, 1.54) is 43.5 Å². The predicted octanol–water partition coefficient (Wildman–Crippen LogP) is 2.22. The number of fused-ring (bicyclic) bond motifs is 3. The van der Waals surface area contributed by atoms with Gasteiger partial charge in [0.05, 0.1) is 7.11 Å². The Hall–Kier alpha value is -1.06. The van der Waals surface area contributed by atoms with Crippen molar-refractivity contribution in [3.63, 3.8) is 0 Å². The van der Waals surface area contributed by atoms with Crippen LogP contribution in [-0.4, -0.2) is 38.7 Å². The lowest BCUT2D eigenvalue weighted by Gasteiger charge is -2.43. The van der Waals surface area contributed by atoms with Crippen LogP contribution in [0.3, 0.4) is 0 Å². The SMILES string of the molecule is CNCC1CCN2CCc3cc(OC)ccc3C2C1. The quantitative estimate of drug-likeness (QED) is 0.902. The summed E-state index contributed by atoms with van der Waals surface area (Å²) in [4.78, 5) is 2.67. The maximum atomic E-state index is 5.35. The van der Waals surface area contributed by atoms with Crippen LogP contribution in [0.2, 0.25) is 0 Å². The zero-order chi connectivity index (χ0) is 13.2. The molecule has 1 N–H and O–H groups in total. The molecule has 3 rings (SSSR count). The summed E-state index contributed by atoms with van der Waals surface area (Å²) in [6, 6.07) is 7.26. The molecule has 2 atom stereocenters. The molecule has 104 valence electrons. The Labute approximate surface area is 115 Å². The third-order valence-corrected chi connectivity index (χ3v) is 4.69. The minimum atomic E-state index is 0.627. The van der Waals surface area contributed by atoms with Gasteiger partial charge in [-0.1, -0.05) is 6.07 Å². The largest absolute Gasteiger partial charge is 0.497 e. The van der Waals surface area contributed by atoms with Gasteiger partial charge in [0.25, 0.3) is 0 Å². The number of piperidine rings is 1. The molecule has 2 unspecified atom stereocenters. The Balaban J connectivity index is 1.84. The van der Waals surface area contributed by atoms with Crippen molar-refractivity contribution in [2.75, 3.05) is 33.8 Å². The second kappa shape index (κ2) is 5.51. The fraction of sp³-hybridized carbons (Fsp3) is 0.625. The van der Waals surface area contributed by atoms with E-state index in [4.69, 9.17) is 4.74 Å². The Bertz CT molecular complexity index is 446. The van der Waals surface area contributed by atoms with Crippen molar-refractivity contribution in [2.45, 2.75) is 25.3 Å². The molecule has 19 heavy (non-hydrogen) atoms. The van der Waals surface area contributed by atoms with Gasteiger partial charge >= 0.3 is 0 Å². The first-order valence-electron chi connectivity index (χ1n) is 7.37. The van der Waals surface area contributed by atoms with E-state index in [1.54, 1.807) is 7.11 Å². The highest BCUT2D eigenvalue weighted by Crippen LogP contribution is 2.39. The average Bonchev–Trinajstić information content (AvgIpc) is 2.46. The second-order valence-corrected chi connectivity index (χ2v) is 5.81. The van der Waals surface area contributed by atoms with Gasteiger partial charge < -0.3 is 10.1 Å². The number of hydrogen-bond donors (Lipinski definition) is 1. The van der Waals surface area contributed by atoms with Gasteiger partial charge in [-0.05, 0) is 68.6 Å². The van der Waals surface area contributed by atoms with Crippen molar-refractivity contribution >= 4 is 0 Å². The summed E-state index contributed by atoms with van der Waals surface area (Å²) in [5, 5.41) is 3.34. The lowest BCUT2D eigenvalue weighted by atomic mass is 9.82. The molecule has 0 aliphatic carbocycles. The molecule has 2 aliphatic rings. The van der Waals surface area contributed by atoms with Gasteiger partial charge in [0.1, 0.15) is 5.75 Å². The van der Waals surface area contributed by atoms with Crippen molar-refractivity contribution in [3.05, 3.63) is 29.3 Å². The van der Waals surface area contributed by atoms with E-state index in [0.29, 0.717) is 6.04 Å². The smallest absolute Gasteiger partial charge is 0.119 e. The summed E-state index contributed by atoms with van der Waals surface area (Å²) in [6.07, 6.45) is 3.79. The zero-order valence-corrected chi connectivity index (χ0v) is 12.0. The summed E-state index contributed by atoms with van der Waals surface area (Å²) < 4.78 is 5.35. The highest BCUT2D eigenvalue weighted by molar-refractivity contribution is 5.39. The lowest BCUT2D eigenvalue weighted by molar-refractivity contribution is 0.103. The molecule has 0 spiro atoms. The van der Waals surface area contributed by atoms with E-state index >= 15 is 0 Å². The third kappa shape index (κ3) is 2.49. The summed E-state index contributed by atoms with van der Waals surface area (Å²) in [6.45, 7) is 3.61. The van der Waals surface area contributed by atoms with Gasteiger partial charge in [-0.15, -0.1) is 0 Å². The predicted molar refractivity (Wildman–Crippen MR) is 77.7 cm³/mol. The highest BCUT2D eigenvalue weighted by atomic mass is 16.5. The molecule has 0 radical (unpaired) electrons. The second-order valence-electron chi connectivity index (χ2n) is 5.81. The Morgan fingerprint density at radius 1 is 1.37 bits per heavy atom. The van der Waals surface area contributed by atoms with E-state index < -0.39 is 0 Å². The molecule has 1 saturated heterocycles. The van der Waals surface area contributed by atoms with E-state index in [-0.39, 0.29) is 0 Å². The highest BCUT2D eigenvalue weighted by Gasteiger charge is 2.33. The summed E-state index contributed by atoms with van der Waals surface area (Å²) in [7, 11) is 3.81. The number of ether oxygens (including phenoxy) is 1. The molecule has 2 heterocycles. The normalized spacial score (nSPS) is 26.6. The number of rotatable bonds is 3. The van der Waals surface area contributed by atoms with Crippen LogP contribution in [0.25, 0.3) is 0 Å². The van der Waals surface area contributed by atoms with Crippen LogP contribution in [0.1, 0.15) is 30.0 Å². The Kier molecular flexibility index (Phi) is 3.76. The van der Waals surface area contributed by atoms with Gasteiger partial charge in [0.2, 0.25) is 0 Å². The number of methoxy groups -OCH3 is 1. The van der Waals surface area contributed by atoms with Gasteiger partial charge in [-0.3, -0.25) is 4.90 Å². The molecular weight excluding hydrogens is 236 g/mol. The van der Waals surface area contributed by atoms with Crippen LogP contribution >= 0.6 is 0 Å². The van der Waals surface area contributed by atoms with E-state index in [1.807, 2.05) is 0 Å². The van der Waals surface area contributed by atoms with Crippen LogP contribution in [0, 0.1) is 5.92 Å². The van der Waals surface area contributed by atoms with Crippen LogP contribution in [-0.2, 0) is 6.42 Å². The van der Waals surface area contributed by atoms with Crippen molar-refractivity contribution in [3.8, 4) is 5.75 Å². The van der Waals surface area contributed by atoms with Crippen LogP contribution < -0.4 is 10.1 Å². The van der Waals surface area contributed by atoms with Crippen LogP contribution in [0.15, 0.2) is 18.2 Å². The van der Waals surface area contributed by atoms with E-state index in [9.17, 15) is 0 Å². The monoisotopic (exact) mass is 260 g/mol. The third-order valence-electron chi connectivity index (χ3n) is 4.69. The van der Waals surface area contributed by atoms with Crippen LogP contribution in [0.4, 0.5) is 0 Å². The van der Waals surface area contributed by atoms with Crippen molar-refractivity contribution < 1.29 is 4.74 Å². The summed E-state index contributed by atoms with van der Waals surface area (Å²) in [5.74, 6) is 1.81. The van der Waals surface area contributed by atoms with Gasteiger partial charge in [0.15, 0.2) is 0 Å². The minimum Gasteiger partial charge on any atom is -0.497 e. The maximum Gasteiger partial charge on any atom is 0.119 e. The van der Waals surface area contributed by atoms with Crippen molar-refractivity contribution in [2.24, 2.45) is 5.92 Å². The average molecular weight is 260 g/mol. The number of nitrogens with one attached hydrogen (secondary N) is 1. The molecule has 3 heteroatoms. The molecule has 0 amide bonds. The molecule has 2 aliphatic heterocycles. The number of nitrogens with zero attached hydrogens (tertiary/aromatic N) is 1. The van der Waals surface area contributed by atoms with Crippen molar-refractivity contribution in [1.82, 2.24) is 10.2 Å². The molecule has 0 bridgehead atoms. The molecular formula is C16H24N2O. The molecule has 0 aromatic heterocycles. The van der Waals surface area contributed by atoms with Crippen LogP contribution in [0.5, 0.6) is 5.75 Å². The van der Waals surface area contributed by atoms with Crippen molar-refractivity contribution in [1.29, 1.82) is 0 Å². The molecule has 1 aromatic carbocycles. The van der Waals surface area contributed by atoms with Gasteiger partial charge in [-0.25, -0.2) is 0 Å². The first kappa shape index (κ1) is 12.9. The number of hydrogen-bond acceptors (Lipinski definition) is 3. The van der Waals surface area contributed by atoms with E-state index in [2.05, 4.69) is 35.5 Å². The Morgan fingerprint density at radius 2 is 2.26 bits per heavy atom. The standard InChI is InChI=1S/C16H24N2O/c1-17-11-12-5-7-18-8-6-13-10-14(19-2)3-4-15(13)16(18)9-12/h3-4,10,12,16-17H,5-9,11H2,1-2H3. The Morgan fingerprint density at radius 3 is 3.05 bits per heavy atom. The zero-order valence-electron chi connectivity index (χ0n) is 12.0. The first-order chi connectivity index (χ1) is 9.31. The lowest BCUT2D eigenvalue weighted by Crippen LogP contribution is -2.43. The molecule has 1 fully saturated rings. The topological polar surface area (TPSA) is 24.5 Å². The fourth-order valence-corrected chi connectivity index (χ4v) is 3.67. The summed E-state index contributed by atoms with van der Waals surface area (Å²) >= 11 is 0. The number of benzene rings is 1. The minimum absolute atomic E-state index is 0.627. The maximum absolute atomic E-state index is 5.35. The molecule has 3 nitrogen and oxygen atoms in total. The molecule has 1 aromatic rings. The molecule has 0 saturated carbocycles. The van der Waals surface area contributed by atoms with Gasteiger partial charge in [0, 0.05) is 12.6 Å².